The fraction of sp³-hybridized carbons (Fsp3) is 0.114. The summed E-state index contributed by atoms with van der Waals surface area (Å²) in [7, 11) is 0. The number of benzene rings is 4. The highest BCUT2D eigenvalue weighted by Gasteiger charge is 2.39. The molecule has 1 aliphatic rings. The molecule has 0 spiro atoms. The highest BCUT2D eigenvalue weighted by atomic mass is 15.2. The van der Waals surface area contributed by atoms with Crippen LogP contribution in [0.2, 0.25) is 0 Å². The average molecular weight is 518 g/mol. The average Bonchev–Trinajstić information content (AvgIpc) is 3.59. The molecule has 0 amide bonds. The minimum atomic E-state index is -0.195. The van der Waals surface area contributed by atoms with E-state index in [1.54, 1.807) is 0 Å². The number of aryl methyl sites for hydroxylation is 1. The van der Waals surface area contributed by atoms with Crippen LogP contribution in [0.25, 0.3) is 56.2 Å². The zero-order chi connectivity index (χ0) is 27.0. The monoisotopic (exact) mass is 517 g/mol. The van der Waals surface area contributed by atoms with E-state index in [1.165, 1.54) is 33.3 Å². The van der Waals surface area contributed by atoms with E-state index in [9.17, 15) is 0 Å². The molecule has 3 aromatic heterocycles. The zero-order valence-electron chi connectivity index (χ0n) is 22.6. The molecular weight excluding hydrogens is 490 g/mol. The van der Waals surface area contributed by atoms with Crippen LogP contribution in [-0.4, -0.2) is 24.1 Å². The number of para-hydroxylation sites is 2. The molecule has 0 saturated carbocycles. The smallest absolute Gasteiger partial charge is 0.238 e. The van der Waals surface area contributed by atoms with Gasteiger partial charge in [-0.25, -0.2) is 4.98 Å². The Morgan fingerprint density at radius 3 is 2.05 bits per heavy atom. The van der Waals surface area contributed by atoms with Gasteiger partial charge in [0.05, 0.1) is 16.7 Å². The van der Waals surface area contributed by atoms with Crippen LogP contribution in [-0.2, 0) is 5.41 Å². The van der Waals surface area contributed by atoms with Crippen LogP contribution in [0.3, 0.4) is 0 Å². The van der Waals surface area contributed by atoms with Gasteiger partial charge in [-0.05, 0) is 24.6 Å². The first-order valence-electron chi connectivity index (χ1n) is 13.6. The maximum Gasteiger partial charge on any atom is 0.238 e. The molecule has 0 aliphatic carbocycles. The fourth-order valence-electron chi connectivity index (χ4n) is 6.28. The van der Waals surface area contributed by atoms with Gasteiger partial charge in [-0.15, -0.1) is 0 Å². The van der Waals surface area contributed by atoms with E-state index < -0.39 is 0 Å². The second-order valence-corrected chi connectivity index (χ2v) is 11.1. The van der Waals surface area contributed by atoms with Crippen molar-refractivity contribution in [3.8, 4) is 34.4 Å². The molecule has 0 N–H and O–H groups in total. The zero-order valence-corrected chi connectivity index (χ0v) is 22.6. The molecule has 7 aromatic rings. The Morgan fingerprint density at radius 1 is 0.625 bits per heavy atom. The molecule has 0 bridgehead atoms. The third-order valence-corrected chi connectivity index (χ3v) is 8.23. The lowest BCUT2D eigenvalue weighted by Gasteiger charge is -2.20. The van der Waals surface area contributed by atoms with Crippen LogP contribution in [0.5, 0.6) is 0 Å². The summed E-state index contributed by atoms with van der Waals surface area (Å²) in [5.74, 6) is 1.94. The van der Waals surface area contributed by atoms with Crippen molar-refractivity contribution >= 4 is 21.8 Å². The van der Waals surface area contributed by atoms with Gasteiger partial charge in [0, 0.05) is 39.2 Å². The van der Waals surface area contributed by atoms with Crippen molar-refractivity contribution in [2.24, 2.45) is 0 Å². The molecule has 40 heavy (non-hydrogen) atoms. The number of nitrogens with zero attached hydrogens (tertiary/aromatic N) is 5. The van der Waals surface area contributed by atoms with E-state index in [2.05, 4.69) is 121 Å². The van der Waals surface area contributed by atoms with Gasteiger partial charge in [0.15, 0.2) is 11.6 Å². The van der Waals surface area contributed by atoms with Gasteiger partial charge >= 0.3 is 0 Å². The first kappa shape index (κ1) is 22.9. The van der Waals surface area contributed by atoms with Crippen LogP contribution < -0.4 is 0 Å². The van der Waals surface area contributed by atoms with Crippen LogP contribution in [0.4, 0.5) is 0 Å². The molecule has 0 radical (unpaired) electrons. The summed E-state index contributed by atoms with van der Waals surface area (Å²) in [6, 6.07) is 35.8. The molecular formula is C35H27N5. The minimum Gasteiger partial charge on any atom is -0.317 e. The van der Waals surface area contributed by atoms with Gasteiger partial charge < -0.3 is 4.57 Å². The molecule has 5 nitrogen and oxygen atoms in total. The van der Waals surface area contributed by atoms with Gasteiger partial charge in [-0.2, -0.15) is 9.97 Å². The van der Waals surface area contributed by atoms with E-state index in [-0.39, 0.29) is 5.41 Å². The van der Waals surface area contributed by atoms with Crippen molar-refractivity contribution in [1.29, 1.82) is 0 Å². The highest BCUT2D eigenvalue weighted by Crippen LogP contribution is 2.49. The third kappa shape index (κ3) is 3.18. The van der Waals surface area contributed by atoms with Crippen LogP contribution in [0, 0.1) is 6.92 Å². The summed E-state index contributed by atoms with van der Waals surface area (Å²) in [5, 5.41) is 2.39. The van der Waals surface area contributed by atoms with Crippen molar-refractivity contribution in [1.82, 2.24) is 24.1 Å². The van der Waals surface area contributed by atoms with Crippen molar-refractivity contribution < 1.29 is 0 Å². The third-order valence-electron chi connectivity index (χ3n) is 8.23. The normalized spacial score (nSPS) is 13.6. The fourth-order valence-corrected chi connectivity index (χ4v) is 6.28. The van der Waals surface area contributed by atoms with Crippen molar-refractivity contribution in [2.75, 3.05) is 0 Å². The molecule has 0 saturated heterocycles. The molecule has 192 valence electrons. The van der Waals surface area contributed by atoms with E-state index in [0.29, 0.717) is 17.6 Å². The molecule has 4 heterocycles. The standard InChI is InChI=1S/C35H27N5/c1-22-17-19-24(20-18-22)33-36-32(23-11-5-4-6-12-23)37-34(38-33)40-28-15-9-7-13-25(28)26-21-39-29-16-10-8-14-27(29)35(2,3)31(39)30(26)40/h4-21H,1-3H3. The number of hydrogen-bond acceptors (Lipinski definition) is 3. The maximum absolute atomic E-state index is 5.14. The summed E-state index contributed by atoms with van der Waals surface area (Å²) in [6.45, 7) is 6.72. The predicted octanol–water partition coefficient (Wildman–Crippen LogP) is 8.04. The SMILES string of the molecule is Cc1ccc(-c2nc(-c3ccccc3)nc(-n3c4ccccc4c4cn5c(c43)C(C)(C)c3ccccc3-5)n2)cc1. The van der Waals surface area contributed by atoms with Gasteiger partial charge in [-0.3, -0.25) is 4.57 Å². The molecule has 0 unspecified atom stereocenters. The highest BCUT2D eigenvalue weighted by molar-refractivity contribution is 6.11. The summed E-state index contributed by atoms with van der Waals surface area (Å²) >= 11 is 0. The maximum atomic E-state index is 5.14. The second kappa shape index (κ2) is 8.23. The van der Waals surface area contributed by atoms with Crippen molar-refractivity contribution in [3.63, 3.8) is 0 Å². The first-order valence-corrected chi connectivity index (χ1v) is 13.6. The number of fused-ring (bicyclic) bond motifs is 7. The Kier molecular flexibility index (Phi) is 4.72. The van der Waals surface area contributed by atoms with Crippen LogP contribution >= 0.6 is 0 Å². The number of rotatable bonds is 3. The Hall–Kier alpha value is -5.03. The summed E-state index contributed by atoms with van der Waals surface area (Å²) < 4.78 is 4.61. The van der Waals surface area contributed by atoms with Crippen LogP contribution in [0.1, 0.15) is 30.7 Å². The van der Waals surface area contributed by atoms with E-state index >= 15 is 0 Å². The Balaban J connectivity index is 1.48. The van der Waals surface area contributed by atoms with Gasteiger partial charge in [-0.1, -0.05) is 110 Å². The van der Waals surface area contributed by atoms with E-state index in [0.717, 1.165) is 22.2 Å². The summed E-state index contributed by atoms with van der Waals surface area (Å²) in [6.07, 6.45) is 2.29. The minimum absolute atomic E-state index is 0.195. The molecule has 0 atom stereocenters. The predicted molar refractivity (Wildman–Crippen MR) is 161 cm³/mol. The molecule has 5 heteroatoms. The summed E-state index contributed by atoms with van der Waals surface area (Å²) in [5.41, 5.74) is 8.96. The Morgan fingerprint density at radius 2 is 1.27 bits per heavy atom. The lowest BCUT2D eigenvalue weighted by atomic mass is 9.83. The molecule has 4 aromatic carbocycles. The lowest BCUT2D eigenvalue weighted by Crippen LogP contribution is -2.17. The molecule has 0 fully saturated rings. The Labute approximate surface area is 232 Å². The van der Waals surface area contributed by atoms with Gasteiger partial charge in [0.1, 0.15) is 0 Å². The van der Waals surface area contributed by atoms with Crippen molar-refractivity contribution in [3.05, 3.63) is 126 Å². The second-order valence-electron chi connectivity index (χ2n) is 11.1. The first-order chi connectivity index (χ1) is 19.5. The van der Waals surface area contributed by atoms with Crippen molar-refractivity contribution in [2.45, 2.75) is 26.2 Å². The van der Waals surface area contributed by atoms with Gasteiger partial charge in [0.2, 0.25) is 5.95 Å². The largest absolute Gasteiger partial charge is 0.317 e. The number of hydrogen-bond donors (Lipinski definition) is 0. The van der Waals surface area contributed by atoms with E-state index in [4.69, 9.17) is 15.0 Å². The topological polar surface area (TPSA) is 48.5 Å². The Bertz CT molecular complexity index is 2080. The molecule has 1 aliphatic heterocycles. The lowest BCUT2D eigenvalue weighted by molar-refractivity contribution is 0.645. The quantitative estimate of drug-likeness (QED) is 0.238. The molecule has 8 rings (SSSR count). The van der Waals surface area contributed by atoms with E-state index in [1.807, 2.05) is 18.2 Å². The van der Waals surface area contributed by atoms with Crippen LogP contribution in [0.15, 0.2) is 109 Å². The number of aromatic nitrogens is 5. The summed E-state index contributed by atoms with van der Waals surface area (Å²) in [4.78, 5) is 15.2. The van der Waals surface area contributed by atoms with Gasteiger partial charge in [0.25, 0.3) is 0 Å².